The minimum Gasteiger partial charge on any atom is -0.481 e. The molecule has 0 saturated carbocycles. The van der Waals surface area contributed by atoms with Crippen LogP contribution in [0.3, 0.4) is 0 Å². The van der Waals surface area contributed by atoms with Gasteiger partial charge in [-0.2, -0.15) is 13.2 Å². The zero-order chi connectivity index (χ0) is 13.2. The lowest BCUT2D eigenvalue weighted by Gasteiger charge is -2.30. The molecule has 1 rings (SSSR count). The second-order valence-electron chi connectivity index (χ2n) is 4.88. The van der Waals surface area contributed by atoms with Crippen LogP contribution in [-0.4, -0.2) is 41.3 Å². The van der Waals surface area contributed by atoms with Gasteiger partial charge in [0.15, 0.2) is 5.92 Å². The van der Waals surface area contributed by atoms with E-state index < -0.39 is 24.6 Å². The normalized spacial score (nSPS) is 24.2. The van der Waals surface area contributed by atoms with Crippen LogP contribution in [0.2, 0.25) is 0 Å². The number of hydrogen-bond acceptors (Lipinski definition) is 2. The third-order valence-corrected chi connectivity index (χ3v) is 3.29. The van der Waals surface area contributed by atoms with Gasteiger partial charge in [-0.25, -0.2) is 0 Å². The summed E-state index contributed by atoms with van der Waals surface area (Å²) in [5.41, 5.74) is 0. The van der Waals surface area contributed by atoms with Gasteiger partial charge in [0.2, 0.25) is 0 Å². The Morgan fingerprint density at radius 1 is 1.47 bits per heavy atom. The number of likely N-dealkylation sites (tertiary alicyclic amines) is 1. The summed E-state index contributed by atoms with van der Waals surface area (Å²) in [6, 6.07) is 0.0687. The maximum Gasteiger partial charge on any atom is 0.403 e. The maximum absolute atomic E-state index is 12.5. The van der Waals surface area contributed by atoms with Crippen LogP contribution in [0.15, 0.2) is 0 Å². The molecule has 100 valence electrons. The van der Waals surface area contributed by atoms with E-state index in [9.17, 15) is 18.0 Å². The van der Waals surface area contributed by atoms with E-state index in [1.54, 1.807) is 4.90 Å². The zero-order valence-electron chi connectivity index (χ0n) is 10.00. The predicted molar refractivity (Wildman–Crippen MR) is 56.6 cm³/mol. The number of alkyl halides is 3. The van der Waals surface area contributed by atoms with Gasteiger partial charge in [-0.05, 0) is 25.3 Å². The molecule has 0 aromatic carbocycles. The van der Waals surface area contributed by atoms with Crippen molar-refractivity contribution in [1.82, 2.24) is 4.90 Å². The van der Waals surface area contributed by atoms with Crippen LogP contribution in [0.5, 0.6) is 0 Å². The Labute approximate surface area is 98.6 Å². The van der Waals surface area contributed by atoms with Crippen molar-refractivity contribution in [3.63, 3.8) is 0 Å². The first-order chi connectivity index (χ1) is 7.73. The van der Waals surface area contributed by atoms with Crippen molar-refractivity contribution >= 4 is 5.97 Å². The van der Waals surface area contributed by atoms with Gasteiger partial charge in [0.1, 0.15) is 0 Å². The highest BCUT2D eigenvalue weighted by Crippen LogP contribution is 2.31. The molecule has 0 aliphatic carbocycles. The Kier molecular flexibility index (Phi) is 4.41. The van der Waals surface area contributed by atoms with E-state index in [1.165, 1.54) is 0 Å². The molecule has 2 unspecified atom stereocenters. The van der Waals surface area contributed by atoms with Gasteiger partial charge in [0.05, 0.1) is 0 Å². The van der Waals surface area contributed by atoms with Gasteiger partial charge >= 0.3 is 12.1 Å². The van der Waals surface area contributed by atoms with Crippen molar-refractivity contribution in [3.05, 3.63) is 0 Å². The molecule has 1 heterocycles. The van der Waals surface area contributed by atoms with E-state index in [2.05, 4.69) is 0 Å². The predicted octanol–water partition coefficient (Wildman–Crippen LogP) is 2.37. The topological polar surface area (TPSA) is 40.5 Å². The van der Waals surface area contributed by atoms with Crippen LogP contribution < -0.4 is 0 Å². The summed E-state index contributed by atoms with van der Waals surface area (Å²) in [7, 11) is 0. The molecule has 0 bridgehead atoms. The van der Waals surface area contributed by atoms with Crippen LogP contribution in [0.1, 0.15) is 26.7 Å². The molecule has 1 N–H and O–H groups in total. The quantitative estimate of drug-likeness (QED) is 0.836. The SMILES string of the molecule is CC(C)C1CCCN1CC(C(=O)O)C(F)(F)F. The molecule has 3 nitrogen and oxygen atoms in total. The van der Waals surface area contributed by atoms with E-state index >= 15 is 0 Å². The number of nitrogens with zero attached hydrogens (tertiary/aromatic N) is 1. The fourth-order valence-corrected chi connectivity index (χ4v) is 2.39. The van der Waals surface area contributed by atoms with Crippen molar-refractivity contribution in [1.29, 1.82) is 0 Å². The molecule has 1 saturated heterocycles. The van der Waals surface area contributed by atoms with Gasteiger partial charge in [-0.3, -0.25) is 9.69 Å². The first-order valence-corrected chi connectivity index (χ1v) is 5.77. The molecule has 0 aromatic rings. The Bertz CT molecular complexity index is 278. The van der Waals surface area contributed by atoms with Crippen molar-refractivity contribution in [3.8, 4) is 0 Å². The highest BCUT2D eigenvalue weighted by Gasteiger charge is 2.47. The number of carbonyl (C=O) groups is 1. The van der Waals surface area contributed by atoms with Gasteiger partial charge in [-0.1, -0.05) is 13.8 Å². The van der Waals surface area contributed by atoms with Crippen LogP contribution in [0.4, 0.5) is 13.2 Å². The van der Waals surface area contributed by atoms with Gasteiger partial charge in [0.25, 0.3) is 0 Å². The largest absolute Gasteiger partial charge is 0.481 e. The van der Waals surface area contributed by atoms with Crippen molar-refractivity contribution in [2.75, 3.05) is 13.1 Å². The number of hydrogen-bond donors (Lipinski definition) is 1. The molecule has 0 amide bonds. The number of aliphatic carboxylic acids is 1. The lowest BCUT2D eigenvalue weighted by molar-refractivity contribution is -0.197. The summed E-state index contributed by atoms with van der Waals surface area (Å²) in [6.07, 6.45) is -2.98. The average Bonchev–Trinajstić information content (AvgIpc) is 2.59. The number of rotatable bonds is 4. The highest BCUT2D eigenvalue weighted by atomic mass is 19.4. The zero-order valence-corrected chi connectivity index (χ0v) is 10.00. The third kappa shape index (κ3) is 3.59. The first-order valence-electron chi connectivity index (χ1n) is 5.77. The first kappa shape index (κ1) is 14.3. The van der Waals surface area contributed by atoms with E-state index in [1.807, 2.05) is 13.8 Å². The minimum absolute atomic E-state index is 0.0687. The molecule has 1 aliphatic heterocycles. The molecule has 2 atom stereocenters. The Hall–Kier alpha value is -0.780. The summed E-state index contributed by atoms with van der Waals surface area (Å²) in [5, 5.41) is 8.65. The number of carboxylic acid groups (broad SMARTS) is 1. The average molecular weight is 253 g/mol. The molecular weight excluding hydrogens is 235 g/mol. The fraction of sp³-hybridized carbons (Fsp3) is 0.909. The van der Waals surface area contributed by atoms with Crippen molar-refractivity contribution in [2.24, 2.45) is 11.8 Å². The maximum atomic E-state index is 12.5. The van der Waals surface area contributed by atoms with Crippen molar-refractivity contribution < 1.29 is 23.1 Å². The van der Waals surface area contributed by atoms with Crippen LogP contribution in [-0.2, 0) is 4.79 Å². The Morgan fingerprint density at radius 2 is 2.06 bits per heavy atom. The fourth-order valence-electron chi connectivity index (χ4n) is 2.39. The smallest absolute Gasteiger partial charge is 0.403 e. The minimum atomic E-state index is -4.67. The summed E-state index contributed by atoms with van der Waals surface area (Å²) < 4.78 is 37.6. The number of halogens is 3. The van der Waals surface area contributed by atoms with Gasteiger partial charge in [-0.15, -0.1) is 0 Å². The van der Waals surface area contributed by atoms with E-state index in [4.69, 9.17) is 5.11 Å². The van der Waals surface area contributed by atoms with E-state index in [0.717, 1.165) is 12.8 Å². The lowest BCUT2D eigenvalue weighted by Crippen LogP contribution is -2.44. The monoisotopic (exact) mass is 253 g/mol. The molecule has 0 aromatic heterocycles. The standard InChI is InChI=1S/C11H18F3NO2/c1-7(2)9-4-3-5-15(9)6-8(10(16)17)11(12,13)14/h7-9H,3-6H2,1-2H3,(H,16,17). The Balaban J connectivity index is 2.71. The molecule has 17 heavy (non-hydrogen) atoms. The van der Waals surface area contributed by atoms with E-state index in [-0.39, 0.29) is 12.0 Å². The third-order valence-electron chi connectivity index (χ3n) is 3.29. The molecule has 0 radical (unpaired) electrons. The van der Waals surface area contributed by atoms with Crippen molar-refractivity contribution in [2.45, 2.75) is 38.9 Å². The molecule has 1 aliphatic rings. The Morgan fingerprint density at radius 3 is 2.47 bits per heavy atom. The molecular formula is C11H18F3NO2. The molecule has 6 heteroatoms. The lowest BCUT2D eigenvalue weighted by atomic mass is 10.0. The van der Waals surface area contributed by atoms with Gasteiger partial charge < -0.3 is 5.11 Å². The highest BCUT2D eigenvalue weighted by molar-refractivity contribution is 5.71. The van der Waals surface area contributed by atoms with Crippen LogP contribution >= 0.6 is 0 Å². The summed E-state index contributed by atoms with van der Waals surface area (Å²) >= 11 is 0. The summed E-state index contributed by atoms with van der Waals surface area (Å²) in [4.78, 5) is 12.3. The second-order valence-corrected chi connectivity index (χ2v) is 4.88. The second kappa shape index (κ2) is 5.25. The number of carboxylic acids is 1. The van der Waals surface area contributed by atoms with E-state index in [0.29, 0.717) is 6.54 Å². The van der Waals surface area contributed by atoms with Crippen LogP contribution in [0.25, 0.3) is 0 Å². The van der Waals surface area contributed by atoms with Gasteiger partial charge in [0, 0.05) is 12.6 Å². The van der Waals surface area contributed by atoms with Crippen LogP contribution in [0, 0.1) is 11.8 Å². The molecule has 1 fully saturated rings. The summed E-state index contributed by atoms with van der Waals surface area (Å²) in [6.45, 7) is 4.03. The summed E-state index contributed by atoms with van der Waals surface area (Å²) in [5.74, 6) is -3.81. The molecule has 0 spiro atoms.